The molecular weight excluding hydrogens is 529 g/mol. The summed E-state index contributed by atoms with van der Waals surface area (Å²) in [5.74, 6) is 0.852. The fraction of sp³-hybridized carbons (Fsp3) is 0.429. The van der Waals surface area contributed by atoms with Crippen LogP contribution in [0.15, 0.2) is 48.5 Å². The zero-order valence-corrected chi connectivity index (χ0v) is 24.3. The highest BCUT2D eigenvalue weighted by Gasteiger charge is 2.21. The number of amides is 1. The predicted molar refractivity (Wildman–Crippen MR) is 159 cm³/mol. The van der Waals surface area contributed by atoms with Crippen LogP contribution in [0, 0.1) is 13.8 Å². The molecule has 37 heavy (non-hydrogen) atoms. The second kappa shape index (κ2) is 14.6. The van der Waals surface area contributed by atoms with Crippen LogP contribution in [-0.4, -0.2) is 59.6 Å². The van der Waals surface area contributed by atoms with Crippen LogP contribution in [0.2, 0.25) is 5.02 Å². The first-order chi connectivity index (χ1) is 17.0. The van der Waals surface area contributed by atoms with E-state index >= 15 is 0 Å². The fourth-order valence-electron chi connectivity index (χ4n) is 4.82. The quantitative estimate of drug-likeness (QED) is 0.329. The maximum Gasteiger partial charge on any atom is 0.271 e. The molecule has 0 aliphatic carbocycles. The van der Waals surface area contributed by atoms with Crippen LogP contribution in [0.5, 0.6) is 0 Å². The lowest BCUT2D eigenvalue weighted by Crippen LogP contribution is -2.47. The minimum absolute atomic E-state index is 0. The third-order valence-corrected chi connectivity index (χ3v) is 7.18. The van der Waals surface area contributed by atoms with Crippen molar-refractivity contribution in [3.05, 3.63) is 76.3 Å². The molecule has 0 bridgehead atoms. The van der Waals surface area contributed by atoms with E-state index in [1.54, 1.807) is 0 Å². The lowest BCUT2D eigenvalue weighted by Gasteiger charge is -2.37. The Balaban J connectivity index is 0.00000241. The molecule has 1 aliphatic heterocycles. The standard InChI is InChI=1S/C28H36ClN5O.2ClH/c1-4-10-26-31-27(22(3)34(26)23-11-6-5-7-12-23)28(35)30-15-9-16-32-17-19-33(20-18-32)25-14-8-13-24(29)21(25)2;;/h5-8,11-14H,4,9-10,15-20H2,1-3H3,(H,30,35);2*1H. The Kier molecular flexibility index (Phi) is 12.2. The van der Waals surface area contributed by atoms with Crippen molar-refractivity contribution in [3.8, 4) is 5.69 Å². The molecule has 0 spiro atoms. The highest BCUT2D eigenvalue weighted by molar-refractivity contribution is 6.31. The van der Waals surface area contributed by atoms with E-state index in [4.69, 9.17) is 16.6 Å². The zero-order valence-electron chi connectivity index (χ0n) is 21.9. The SMILES string of the molecule is CCCc1nc(C(=O)NCCCN2CCN(c3cccc(Cl)c3C)CC2)c(C)n1-c1ccccc1.Cl.Cl. The van der Waals surface area contributed by atoms with E-state index in [0.29, 0.717) is 12.2 Å². The van der Waals surface area contributed by atoms with Crippen molar-refractivity contribution in [2.45, 2.75) is 40.0 Å². The number of halogens is 3. The number of aryl methyl sites for hydroxylation is 1. The lowest BCUT2D eigenvalue weighted by molar-refractivity contribution is 0.0946. The molecule has 9 heteroatoms. The number of carbonyl (C=O) groups is 1. The molecule has 1 saturated heterocycles. The van der Waals surface area contributed by atoms with Crippen molar-refractivity contribution in [1.29, 1.82) is 0 Å². The molecule has 2 aromatic carbocycles. The molecule has 0 unspecified atom stereocenters. The Morgan fingerprint density at radius 1 is 1.00 bits per heavy atom. The van der Waals surface area contributed by atoms with Gasteiger partial charge in [-0.15, -0.1) is 24.8 Å². The molecule has 1 fully saturated rings. The smallest absolute Gasteiger partial charge is 0.271 e. The van der Waals surface area contributed by atoms with Crippen LogP contribution >= 0.6 is 36.4 Å². The monoisotopic (exact) mass is 565 g/mol. The molecule has 1 amide bonds. The number of hydrogen-bond donors (Lipinski definition) is 1. The molecule has 4 rings (SSSR count). The first-order valence-corrected chi connectivity index (χ1v) is 13.0. The second-order valence-electron chi connectivity index (χ2n) is 9.21. The van der Waals surface area contributed by atoms with Crippen molar-refractivity contribution >= 4 is 48.0 Å². The van der Waals surface area contributed by atoms with E-state index in [1.165, 1.54) is 5.69 Å². The summed E-state index contributed by atoms with van der Waals surface area (Å²) in [4.78, 5) is 22.6. The summed E-state index contributed by atoms with van der Waals surface area (Å²) in [5, 5.41) is 3.92. The van der Waals surface area contributed by atoms with Crippen LogP contribution < -0.4 is 10.2 Å². The van der Waals surface area contributed by atoms with Crippen LogP contribution in [0.4, 0.5) is 5.69 Å². The Bertz CT molecular complexity index is 1140. The van der Waals surface area contributed by atoms with E-state index in [1.807, 2.05) is 37.3 Å². The number of para-hydroxylation sites is 1. The first kappa shape index (κ1) is 31.0. The van der Waals surface area contributed by atoms with Crippen molar-refractivity contribution in [2.75, 3.05) is 44.2 Å². The van der Waals surface area contributed by atoms with Gasteiger partial charge in [-0.2, -0.15) is 0 Å². The van der Waals surface area contributed by atoms with Gasteiger partial charge in [0.2, 0.25) is 0 Å². The molecule has 0 atom stereocenters. The van der Waals surface area contributed by atoms with Crippen LogP contribution in [0.1, 0.15) is 47.3 Å². The van der Waals surface area contributed by atoms with Gasteiger partial charge in [-0.25, -0.2) is 4.98 Å². The minimum Gasteiger partial charge on any atom is -0.369 e. The number of aromatic nitrogens is 2. The number of carbonyl (C=O) groups excluding carboxylic acids is 1. The normalized spacial score (nSPS) is 13.6. The van der Waals surface area contributed by atoms with Gasteiger partial charge in [0.05, 0.1) is 5.69 Å². The highest BCUT2D eigenvalue weighted by atomic mass is 35.5. The number of benzene rings is 2. The number of imidazole rings is 1. The number of nitrogens with one attached hydrogen (secondary N) is 1. The largest absolute Gasteiger partial charge is 0.369 e. The third kappa shape index (κ3) is 7.41. The van der Waals surface area contributed by atoms with E-state index in [-0.39, 0.29) is 30.7 Å². The van der Waals surface area contributed by atoms with Crippen LogP contribution in [0.25, 0.3) is 5.69 Å². The first-order valence-electron chi connectivity index (χ1n) is 12.6. The van der Waals surface area contributed by atoms with Gasteiger partial charge < -0.3 is 14.8 Å². The summed E-state index contributed by atoms with van der Waals surface area (Å²) in [6.07, 6.45) is 2.74. The lowest BCUT2D eigenvalue weighted by atomic mass is 10.1. The number of rotatable bonds is 9. The van der Waals surface area contributed by atoms with Gasteiger partial charge in [-0.05, 0) is 63.1 Å². The summed E-state index contributed by atoms with van der Waals surface area (Å²) in [6, 6.07) is 16.3. The molecule has 202 valence electrons. The molecule has 0 radical (unpaired) electrons. The Labute approximate surface area is 238 Å². The van der Waals surface area contributed by atoms with Gasteiger partial charge in [-0.3, -0.25) is 9.69 Å². The van der Waals surface area contributed by atoms with Gasteiger partial charge in [0.15, 0.2) is 0 Å². The van der Waals surface area contributed by atoms with Gasteiger partial charge in [0, 0.05) is 55.5 Å². The molecule has 1 N–H and O–H groups in total. The zero-order chi connectivity index (χ0) is 24.8. The molecule has 3 aromatic rings. The average Bonchev–Trinajstić information content (AvgIpc) is 3.20. The maximum atomic E-state index is 13.0. The molecule has 1 aliphatic rings. The maximum absolute atomic E-state index is 13.0. The van der Waals surface area contributed by atoms with E-state index in [0.717, 1.165) is 79.8 Å². The van der Waals surface area contributed by atoms with E-state index in [2.05, 4.69) is 51.7 Å². The highest BCUT2D eigenvalue weighted by Crippen LogP contribution is 2.27. The Morgan fingerprint density at radius 2 is 1.70 bits per heavy atom. The number of hydrogen-bond acceptors (Lipinski definition) is 4. The van der Waals surface area contributed by atoms with E-state index < -0.39 is 0 Å². The van der Waals surface area contributed by atoms with Crippen molar-refractivity contribution < 1.29 is 4.79 Å². The number of nitrogens with zero attached hydrogens (tertiary/aromatic N) is 4. The summed E-state index contributed by atoms with van der Waals surface area (Å²) < 4.78 is 2.11. The summed E-state index contributed by atoms with van der Waals surface area (Å²) in [7, 11) is 0. The molecule has 1 aromatic heterocycles. The average molecular weight is 567 g/mol. The molecule has 2 heterocycles. The van der Waals surface area contributed by atoms with E-state index in [9.17, 15) is 4.79 Å². The van der Waals surface area contributed by atoms with Crippen molar-refractivity contribution in [2.24, 2.45) is 0 Å². The minimum atomic E-state index is -0.0872. The van der Waals surface area contributed by atoms with Gasteiger partial charge in [0.1, 0.15) is 11.5 Å². The molecule has 6 nitrogen and oxygen atoms in total. The number of anilines is 1. The fourth-order valence-corrected chi connectivity index (χ4v) is 4.99. The topological polar surface area (TPSA) is 53.4 Å². The third-order valence-electron chi connectivity index (χ3n) is 6.77. The van der Waals surface area contributed by atoms with Gasteiger partial charge >= 0.3 is 0 Å². The van der Waals surface area contributed by atoms with Crippen molar-refractivity contribution in [1.82, 2.24) is 19.8 Å². The molecule has 0 saturated carbocycles. The van der Waals surface area contributed by atoms with Crippen molar-refractivity contribution in [3.63, 3.8) is 0 Å². The molecular formula is C28H38Cl3N5O. The van der Waals surface area contributed by atoms with Crippen LogP contribution in [-0.2, 0) is 6.42 Å². The predicted octanol–water partition coefficient (Wildman–Crippen LogP) is 5.88. The number of piperazine rings is 1. The summed E-state index contributed by atoms with van der Waals surface area (Å²) >= 11 is 6.31. The van der Waals surface area contributed by atoms with Gasteiger partial charge in [0.25, 0.3) is 5.91 Å². The van der Waals surface area contributed by atoms with Crippen LogP contribution in [0.3, 0.4) is 0 Å². The Hall–Kier alpha value is -2.25. The van der Waals surface area contributed by atoms with Gasteiger partial charge in [-0.1, -0.05) is 42.8 Å². The second-order valence-corrected chi connectivity index (χ2v) is 9.61. The Morgan fingerprint density at radius 3 is 2.38 bits per heavy atom. The summed E-state index contributed by atoms with van der Waals surface area (Å²) in [5.41, 5.74) is 4.86. The summed E-state index contributed by atoms with van der Waals surface area (Å²) in [6.45, 7) is 11.8.